The molecule has 1 heterocycles. The van der Waals surface area contributed by atoms with Crippen molar-refractivity contribution in [3.05, 3.63) is 91.7 Å². The van der Waals surface area contributed by atoms with Crippen LogP contribution in [0, 0.1) is 5.82 Å². The largest absolute Gasteiger partial charge is 0.493 e. The summed E-state index contributed by atoms with van der Waals surface area (Å²) in [6.07, 6.45) is 6.75. The number of methoxy groups -OCH3 is 1. The zero-order valence-electron chi connectivity index (χ0n) is 22.2. The Hall–Kier alpha value is -3.76. The average Bonchev–Trinajstić information content (AvgIpc) is 2.96. The minimum Gasteiger partial charge on any atom is -0.493 e. The lowest BCUT2D eigenvalue weighted by Crippen LogP contribution is -2.25. The number of carbonyl (C=O) groups excluding carboxylic acids is 1. The van der Waals surface area contributed by atoms with Gasteiger partial charge < -0.3 is 14.8 Å². The van der Waals surface area contributed by atoms with Crippen molar-refractivity contribution in [2.45, 2.75) is 38.0 Å². The van der Waals surface area contributed by atoms with E-state index in [2.05, 4.69) is 26.3 Å². The van der Waals surface area contributed by atoms with E-state index in [9.17, 15) is 14.0 Å². The summed E-state index contributed by atoms with van der Waals surface area (Å²) >= 11 is 9.94. The maximum Gasteiger partial charge on any atom is 0.282 e. The molecular formula is C30H27BrClFN4O4. The van der Waals surface area contributed by atoms with Crippen molar-refractivity contribution in [1.29, 1.82) is 0 Å². The number of halogens is 3. The summed E-state index contributed by atoms with van der Waals surface area (Å²) in [6, 6.07) is 14.2. The van der Waals surface area contributed by atoms with Gasteiger partial charge in [-0.2, -0.15) is 9.78 Å². The predicted octanol–water partition coefficient (Wildman–Crippen LogP) is 6.91. The highest BCUT2D eigenvalue weighted by atomic mass is 79.9. The third-order valence-corrected chi connectivity index (χ3v) is 7.61. The molecule has 5 rings (SSSR count). The molecule has 8 nitrogen and oxygen atoms in total. The monoisotopic (exact) mass is 640 g/mol. The number of fused-ring (bicyclic) bond motifs is 1. The van der Waals surface area contributed by atoms with Gasteiger partial charge in [0.05, 0.1) is 29.2 Å². The Morgan fingerprint density at radius 3 is 2.76 bits per heavy atom. The maximum absolute atomic E-state index is 13.6. The topological polar surface area (TPSA) is 94.8 Å². The zero-order chi connectivity index (χ0) is 28.9. The van der Waals surface area contributed by atoms with Gasteiger partial charge in [0.2, 0.25) is 0 Å². The molecule has 1 aliphatic carbocycles. The van der Waals surface area contributed by atoms with E-state index in [0.29, 0.717) is 28.0 Å². The highest BCUT2D eigenvalue weighted by molar-refractivity contribution is 9.10. The molecular weight excluding hydrogens is 615 g/mol. The summed E-state index contributed by atoms with van der Waals surface area (Å²) in [5.74, 6) is 0.253. The van der Waals surface area contributed by atoms with Crippen LogP contribution in [0.25, 0.3) is 10.9 Å². The SMILES string of the molecule is COc1cc(C=Nn2c(C3CCCCC3)nc3ccc(Br)cc3c2=O)cc(Cl)c1OCC(=O)Nc1cccc(F)c1. The van der Waals surface area contributed by atoms with Crippen molar-refractivity contribution < 1.29 is 18.7 Å². The lowest BCUT2D eigenvalue weighted by molar-refractivity contribution is -0.118. The van der Waals surface area contributed by atoms with Gasteiger partial charge in [-0.05, 0) is 66.9 Å². The Bertz CT molecular complexity index is 1690. The van der Waals surface area contributed by atoms with Gasteiger partial charge in [-0.3, -0.25) is 9.59 Å². The first-order valence-electron chi connectivity index (χ1n) is 13.1. The molecule has 212 valence electrons. The summed E-state index contributed by atoms with van der Waals surface area (Å²) in [5, 5.41) is 7.77. The van der Waals surface area contributed by atoms with E-state index >= 15 is 0 Å². The molecule has 1 N–H and O–H groups in total. The molecule has 41 heavy (non-hydrogen) atoms. The highest BCUT2D eigenvalue weighted by Gasteiger charge is 2.23. The van der Waals surface area contributed by atoms with Gasteiger partial charge >= 0.3 is 0 Å². The van der Waals surface area contributed by atoms with Gasteiger partial charge in [0.25, 0.3) is 11.5 Å². The van der Waals surface area contributed by atoms with Gasteiger partial charge in [0.1, 0.15) is 11.6 Å². The fraction of sp³-hybridized carbons (Fsp3) is 0.267. The van der Waals surface area contributed by atoms with E-state index < -0.39 is 11.7 Å². The van der Waals surface area contributed by atoms with E-state index in [4.69, 9.17) is 26.1 Å². The minimum absolute atomic E-state index is 0.133. The number of carbonyl (C=O) groups is 1. The second-order valence-electron chi connectivity index (χ2n) is 9.71. The number of hydrogen-bond acceptors (Lipinski definition) is 6. The van der Waals surface area contributed by atoms with Crippen LogP contribution in [-0.4, -0.2) is 35.5 Å². The van der Waals surface area contributed by atoms with Crippen molar-refractivity contribution >= 4 is 56.2 Å². The first kappa shape index (κ1) is 28.8. The molecule has 0 saturated heterocycles. The van der Waals surface area contributed by atoms with E-state index in [1.165, 1.54) is 42.6 Å². The molecule has 1 fully saturated rings. The van der Waals surface area contributed by atoms with Crippen LogP contribution in [0.15, 0.2) is 69.0 Å². The third kappa shape index (κ3) is 6.77. The number of anilines is 1. The van der Waals surface area contributed by atoms with E-state index in [0.717, 1.165) is 30.2 Å². The standard InChI is InChI=1S/C30H27BrClFN4O4/c1-40-26-13-18(12-24(32)28(26)41-17-27(38)35-22-9-5-8-21(33)15-22)16-34-37-29(19-6-3-2-4-7-19)36-25-11-10-20(31)14-23(25)30(37)39/h5,8-16,19H,2-4,6-7,17H2,1H3,(H,35,38). The van der Waals surface area contributed by atoms with Crippen LogP contribution in [0.3, 0.4) is 0 Å². The molecule has 1 amide bonds. The van der Waals surface area contributed by atoms with Crippen LogP contribution in [-0.2, 0) is 4.79 Å². The van der Waals surface area contributed by atoms with Crippen LogP contribution >= 0.6 is 27.5 Å². The van der Waals surface area contributed by atoms with Crippen LogP contribution in [0.5, 0.6) is 11.5 Å². The molecule has 0 spiro atoms. The molecule has 0 atom stereocenters. The summed E-state index contributed by atoms with van der Waals surface area (Å²) < 4.78 is 26.7. The van der Waals surface area contributed by atoms with E-state index in [1.807, 2.05) is 12.1 Å². The van der Waals surface area contributed by atoms with Crippen molar-refractivity contribution in [2.24, 2.45) is 5.10 Å². The molecule has 0 unspecified atom stereocenters. The molecule has 1 aromatic heterocycles. The summed E-state index contributed by atoms with van der Waals surface area (Å²) in [4.78, 5) is 30.8. The Morgan fingerprint density at radius 2 is 2.00 bits per heavy atom. The Morgan fingerprint density at radius 1 is 1.20 bits per heavy atom. The number of hydrogen-bond donors (Lipinski definition) is 1. The molecule has 0 bridgehead atoms. The van der Waals surface area contributed by atoms with E-state index in [1.54, 1.807) is 24.3 Å². The van der Waals surface area contributed by atoms with Gasteiger partial charge in [0.15, 0.2) is 18.1 Å². The molecule has 0 radical (unpaired) electrons. The van der Waals surface area contributed by atoms with Gasteiger partial charge in [-0.25, -0.2) is 9.37 Å². The first-order chi connectivity index (χ1) is 19.8. The Balaban J connectivity index is 1.41. The first-order valence-corrected chi connectivity index (χ1v) is 14.3. The molecule has 11 heteroatoms. The molecule has 3 aromatic carbocycles. The predicted molar refractivity (Wildman–Crippen MR) is 161 cm³/mol. The number of aromatic nitrogens is 2. The molecule has 1 saturated carbocycles. The van der Waals surface area contributed by atoms with Gasteiger partial charge in [0, 0.05) is 16.1 Å². The molecule has 1 aliphatic rings. The molecule has 0 aliphatic heterocycles. The fourth-order valence-corrected chi connectivity index (χ4v) is 5.52. The lowest BCUT2D eigenvalue weighted by Gasteiger charge is -2.22. The Kier molecular flexibility index (Phi) is 8.99. The quantitative estimate of drug-likeness (QED) is 0.211. The summed E-state index contributed by atoms with van der Waals surface area (Å²) in [7, 11) is 1.45. The lowest BCUT2D eigenvalue weighted by atomic mass is 9.88. The van der Waals surface area contributed by atoms with Crippen LogP contribution in [0.1, 0.15) is 49.4 Å². The number of benzene rings is 3. The van der Waals surface area contributed by atoms with Crippen molar-refractivity contribution in [2.75, 3.05) is 19.0 Å². The van der Waals surface area contributed by atoms with Crippen molar-refractivity contribution in [1.82, 2.24) is 9.66 Å². The number of nitrogens with one attached hydrogen (secondary N) is 1. The fourth-order valence-electron chi connectivity index (χ4n) is 4.88. The zero-order valence-corrected chi connectivity index (χ0v) is 24.5. The summed E-state index contributed by atoms with van der Waals surface area (Å²) in [6.45, 7) is -0.376. The number of rotatable bonds is 8. The second-order valence-corrected chi connectivity index (χ2v) is 11.0. The number of nitrogens with zero attached hydrogens (tertiary/aromatic N) is 3. The van der Waals surface area contributed by atoms with Crippen molar-refractivity contribution in [3.63, 3.8) is 0 Å². The second kappa shape index (κ2) is 12.8. The summed E-state index contributed by atoms with van der Waals surface area (Å²) in [5.41, 5.74) is 1.24. The maximum atomic E-state index is 13.6. The van der Waals surface area contributed by atoms with Gasteiger partial charge in [-0.1, -0.05) is 52.9 Å². The number of amides is 1. The van der Waals surface area contributed by atoms with Crippen molar-refractivity contribution in [3.8, 4) is 11.5 Å². The molecule has 4 aromatic rings. The van der Waals surface area contributed by atoms with Crippen LogP contribution < -0.4 is 20.3 Å². The highest BCUT2D eigenvalue weighted by Crippen LogP contribution is 2.36. The number of ether oxygens (including phenoxy) is 2. The minimum atomic E-state index is -0.496. The van der Waals surface area contributed by atoms with Crippen LogP contribution in [0.4, 0.5) is 10.1 Å². The third-order valence-electron chi connectivity index (χ3n) is 6.83. The van der Waals surface area contributed by atoms with E-state index in [-0.39, 0.29) is 34.6 Å². The smallest absolute Gasteiger partial charge is 0.282 e. The Labute approximate surface area is 249 Å². The van der Waals surface area contributed by atoms with Crippen LogP contribution in [0.2, 0.25) is 5.02 Å². The van der Waals surface area contributed by atoms with Gasteiger partial charge in [-0.15, -0.1) is 0 Å². The average molecular weight is 642 g/mol. The normalized spacial score (nSPS) is 14.0.